The molecule has 10 heavy (non-hydrogen) atoms. The number of carbonyl (C=O) groups excluding carboxylic acids is 1. The van der Waals surface area contributed by atoms with Gasteiger partial charge in [0.05, 0.1) is 6.61 Å². The first-order chi connectivity index (χ1) is 4.84. The van der Waals surface area contributed by atoms with Crippen LogP contribution in [0.4, 0.5) is 0 Å². The van der Waals surface area contributed by atoms with Crippen molar-refractivity contribution >= 4 is 5.97 Å². The first kappa shape index (κ1) is 7.32. The van der Waals surface area contributed by atoms with Gasteiger partial charge in [0.1, 0.15) is 0 Å². The van der Waals surface area contributed by atoms with E-state index in [-0.39, 0.29) is 5.97 Å². The van der Waals surface area contributed by atoms with Crippen LogP contribution in [0.25, 0.3) is 0 Å². The quantitative estimate of drug-likeness (QED) is 0.378. The lowest BCUT2D eigenvalue weighted by atomic mass is 10.1. The van der Waals surface area contributed by atoms with Crippen LogP contribution in [0, 0.1) is 0 Å². The molecule has 0 spiro atoms. The maximum absolute atomic E-state index is 11.0. The molecule has 0 bridgehead atoms. The van der Waals surface area contributed by atoms with Crippen LogP contribution in [0.5, 0.6) is 0 Å². The molecule has 0 amide bonds. The third kappa shape index (κ3) is 1.59. The number of cyclic esters (lactones) is 1. The van der Waals surface area contributed by atoms with Crippen molar-refractivity contribution in [1.82, 2.24) is 0 Å². The van der Waals surface area contributed by atoms with E-state index in [1.807, 2.05) is 13.0 Å². The fraction of sp³-hybridized carbons (Fsp3) is 0.625. The molecule has 0 aromatic rings. The van der Waals surface area contributed by atoms with E-state index in [2.05, 4.69) is 0 Å². The predicted octanol–water partition coefficient (Wildman–Crippen LogP) is 1.66. The molecule has 1 rings (SSSR count). The third-order valence-corrected chi connectivity index (χ3v) is 1.68. The van der Waals surface area contributed by atoms with Crippen molar-refractivity contribution in [3.63, 3.8) is 0 Å². The molecule has 2 nitrogen and oxygen atoms in total. The van der Waals surface area contributed by atoms with Gasteiger partial charge in [0.25, 0.3) is 0 Å². The summed E-state index contributed by atoms with van der Waals surface area (Å²) in [6, 6.07) is 0. The lowest BCUT2D eigenvalue weighted by Gasteiger charge is -1.98. The molecule has 1 aliphatic rings. The Morgan fingerprint density at radius 2 is 2.30 bits per heavy atom. The molecular weight excluding hydrogens is 128 g/mol. The molecule has 0 aromatic heterocycles. The van der Waals surface area contributed by atoms with Crippen LogP contribution in [-0.4, -0.2) is 12.6 Å². The van der Waals surface area contributed by atoms with E-state index in [0.717, 1.165) is 24.8 Å². The molecule has 0 radical (unpaired) electrons. The van der Waals surface area contributed by atoms with E-state index in [0.29, 0.717) is 6.61 Å². The van der Waals surface area contributed by atoms with Gasteiger partial charge in [0.2, 0.25) is 0 Å². The molecule has 2 heteroatoms. The average Bonchev–Trinajstić information content (AvgIpc) is 2.13. The normalized spacial score (nSPS) is 24.1. The zero-order chi connectivity index (χ0) is 7.40. The Morgan fingerprint density at radius 1 is 1.50 bits per heavy atom. The second kappa shape index (κ2) is 3.40. The summed E-state index contributed by atoms with van der Waals surface area (Å²) in [5.74, 6) is -0.125. The summed E-state index contributed by atoms with van der Waals surface area (Å²) in [5, 5.41) is 0. The van der Waals surface area contributed by atoms with Gasteiger partial charge in [-0.05, 0) is 26.2 Å². The van der Waals surface area contributed by atoms with E-state index in [1.54, 1.807) is 0 Å². The van der Waals surface area contributed by atoms with Crippen LogP contribution in [0.15, 0.2) is 11.6 Å². The first-order valence-electron chi connectivity index (χ1n) is 3.67. The van der Waals surface area contributed by atoms with E-state index in [9.17, 15) is 4.79 Å². The lowest BCUT2D eigenvalue weighted by Crippen LogP contribution is -2.04. The van der Waals surface area contributed by atoms with Crippen molar-refractivity contribution in [1.29, 1.82) is 0 Å². The Balaban J connectivity index is 2.61. The van der Waals surface area contributed by atoms with E-state index in [4.69, 9.17) is 4.74 Å². The Morgan fingerprint density at radius 3 is 3.00 bits per heavy atom. The minimum Gasteiger partial charge on any atom is -0.462 e. The van der Waals surface area contributed by atoms with E-state index >= 15 is 0 Å². The summed E-state index contributed by atoms with van der Waals surface area (Å²) in [6.07, 6.45) is 4.80. The van der Waals surface area contributed by atoms with Gasteiger partial charge in [0, 0.05) is 5.57 Å². The van der Waals surface area contributed by atoms with E-state index < -0.39 is 0 Å². The largest absolute Gasteiger partial charge is 0.462 e. The molecule has 56 valence electrons. The zero-order valence-electron chi connectivity index (χ0n) is 6.22. The number of esters is 1. The maximum Gasteiger partial charge on any atom is 0.333 e. The first-order valence-corrected chi connectivity index (χ1v) is 3.67. The van der Waals surface area contributed by atoms with Gasteiger partial charge >= 0.3 is 5.97 Å². The van der Waals surface area contributed by atoms with Gasteiger partial charge in [-0.2, -0.15) is 0 Å². The summed E-state index contributed by atoms with van der Waals surface area (Å²) < 4.78 is 4.90. The summed E-state index contributed by atoms with van der Waals surface area (Å²) in [6.45, 7) is 2.47. The van der Waals surface area contributed by atoms with E-state index in [1.165, 1.54) is 0 Å². The van der Waals surface area contributed by atoms with Crippen LogP contribution in [0.1, 0.15) is 26.2 Å². The Hall–Kier alpha value is -0.790. The van der Waals surface area contributed by atoms with Crippen molar-refractivity contribution in [3.8, 4) is 0 Å². The van der Waals surface area contributed by atoms with Crippen molar-refractivity contribution < 1.29 is 9.53 Å². The Kier molecular flexibility index (Phi) is 2.49. The van der Waals surface area contributed by atoms with Gasteiger partial charge in [-0.3, -0.25) is 0 Å². The average molecular weight is 140 g/mol. The molecule has 1 saturated heterocycles. The SMILES string of the molecule is C/C=C1/CCCCOC1=O. The van der Waals surface area contributed by atoms with Crippen LogP contribution >= 0.6 is 0 Å². The zero-order valence-corrected chi connectivity index (χ0v) is 6.22. The minimum atomic E-state index is -0.125. The highest BCUT2D eigenvalue weighted by Gasteiger charge is 2.12. The predicted molar refractivity (Wildman–Crippen MR) is 38.6 cm³/mol. The number of rotatable bonds is 0. The highest BCUT2D eigenvalue weighted by atomic mass is 16.5. The molecule has 0 saturated carbocycles. The molecule has 1 heterocycles. The van der Waals surface area contributed by atoms with Gasteiger partial charge in [0.15, 0.2) is 0 Å². The highest BCUT2D eigenvalue weighted by Crippen LogP contribution is 2.13. The van der Waals surface area contributed by atoms with Crippen molar-refractivity contribution in [2.45, 2.75) is 26.2 Å². The number of hydrogen-bond donors (Lipinski definition) is 0. The summed E-state index contributed by atoms with van der Waals surface area (Å²) >= 11 is 0. The van der Waals surface area contributed by atoms with Crippen LogP contribution in [-0.2, 0) is 9.53 Å². The van der Waals surface area contributed by atoms with Gasteiger partial charge < -0.3 is 4.74 Å². The monoisotopic (exact) mass is 140 g/mol. The standard InChI is InChI=1S/C8H12O2/c1-2-7-5-3-4-6-10-8(7)9/h2H,3-6H2,1H3/b7-2-. The fourth-order valence-corrected chi connectivity index (χ4v) is 1.04. The molecule has 1 aliphatic heterocycles. The molecular formula is C8H12O2. The number of allylic oxidation sites excluding steroid dienone is 1. The smallest absolute Gasteiger partial charge is 0.333 e. The van der Waals surface area contributed by atoms with Gasteiger partial charge in [-0.1, -0.05) is 6.08 Å². The van der Waals surface area contributed by atoms with Crippen LogP contribution in [0.2, 0.25) is 0 Å². The highest BCUT2D eigenvalue weighted by molar-refractivity contribution is 5.88. The maximum atomic E-state index is 11.0. The van der Waals surface area contributed by atoms with Crippen LogP contribution < -0.4 is 0 Å². The molecule has 0 unspecified atom stereocenters. The Labute approximate surface area is 60.9 Å². The summed E-state index contributed by atoms with van der Waals surface area (Å²) in [4.78, 5) is 11.0. The van der Waals surface area contributed by atoms with Crippen molar-refractivity contribution in [3.05, 3.63) is 11.6 Å². The molecule has 0 aromatic carbocycles. The molecule has 0 N–H and O–H groups in total. The topological polar surface area (TPSA) is 26.3 Å². The summed E-state index contributed by atoms with van der Waals surface area (Å²) in [7, 11) is 0. The number of hydrogen-bond acceptors (Lipinski definition) is 2. The number of ether oxygens (including phenoxy) is 1. The van der Waals surface area contributed by atoms with Crippen molar-refractivity contribution in [2.24, 2.45) is 0 Å². The second-order valence-corrected chi connectivity index (χ2v) is 2.41. The van der Waals surface area contributed by atoms with Gasteiger partial charge in [-0.15, -0.1) is 0 Å². The van der Waals surface area contributed by atoms with Crippen molar-refractivity contribution in [2.75, 3.05) is 6.61 Å². The fourth-order valence-electron chi connectivity index (χ4n) is 1.04. The minimum absolute atomic E-state index is 0.125. The molecule has 0 aliphatic carbocycles. The second-order valence-electron chi connectivity index (χ2n) is 2.41. The lowest BCUT2D eigenvalue weighted by molar-refractivity contribution is -0.138. The molecule has 1 fully saturated rings. The summed E-state index contributed by atoms with van der Waals surface area (Å²) in [5.41, 5.74) is 0.831. The third-order valence-electron chi connectivity index (χ3n) is 1.68. The van der Waals surface area contributed by atoms with Gasteiger partial charge in [-0.25, -0.2) is 4.79 Å². The molecule has 0 atom stereocenters. The van der Waals surface area contributed by atoms with Crippen LogP contribution in [0.3, 0.4) is 0 Å². The number of carbonyl (C=O) groups is 1. The Bertz CT molecular complexity index is 159.